The number of fused-ring (bicyclic) bond motifs is 1. The van der Waals surface area contributed by atoms with Crippen molar-refractivity contribution in [1.82, 2.24) is 19.5 Å². The van der Waals surface area contributed by atoms with Crippen LogP contribution in [0.5, 0.6) is 5.88 Å². The fourth-order valence-electron chi connectivity index (χ4n) is 2.91. The zero-order valence-electron chi connectivity index (χ0n) is 10.6. The molecule has 0 unspecified atom stereocenters. The second kappa shape index (κ2) is 4.05. The number of nitrogens with one attached hydrogen (secondary N) is 1. The van der Waals surface area contributed by atoms with Gasteiger partial charge in [-0.25, -0.2) is 4.98 Å². The molecule has 1 fully saturated rings. The minimum atomic E-state index is 0.0642. The first-order valence-electron chi connectivity index (χ1n) is 6.16. The zero-order valence-corrected chi connectivity index (χ0v) is 11.4. The van der Waals surface area contributed by atoms with Crippen LogP contribution in [0.2, 0.25) is 0 Å². The average molecular weight is 264 g/mol. The number of hydrogen-bond donors (Lipinski definition) is 1. The van der Waals surface area contributed by atoms with E-state index in [2.05, 4.69) is 26.4 Å². The molecule has 2 aromatic heterocycles. The Labute approximate surface area is 110 Å². The monoisotopic (exact) mass is 264 g/mol. The number of methoxy groups -OCH3 is 1. The van der Waals surface area contributed by atoms with E-state index in [1.54, 1.807) is 7.11 Å². The van der Waals surface area contributed by atoms with Gasteiger partial charge in [0.05, 0.1) is 7.11 Å². The number of rotatable bonds is 2. The highest BCUT2D eigenvalue weighted by molar-refractivity contribution is 7.71. The van der Waals surface area contributed by atoms with Gasteiger partial charge in [0, 0.05) is 5.54 Å². The van der Waals surface area contributed by atoms with Gasteiger partial charge in [-0.2, -0.15) is 4.98 Å². The lowest BCUT2D eigenvalue weighted by molar-refractivity contribution is 0.333. The van der Waals surface area contributed by atoms with Crippen molar-refractivity contribution in [2.75, 3.05) is 7.11 Å². The van der Waals surface area contributed by atoms with Crippen LogP contribution in [-0.4, -0.2) is 26.6 Å². The summed E-state index contributed by atoms with van der Waals surface area (Å²) in [5.74, 6) is 0.548. The van der Waals surface area contributed by atoms with E-state index < -0.39 is 0 Å². The lowest BCUT2D eigenvalue weighted by atomic mass is 10.0. The lowest BCUT2D eigenvalue weighted by Crippen LogP contribution is -2.26. The number of aromatic amines is 1. The molecule has 0 spiro atoms. The first-order valence-corrected chi connectivity index (χ1v) is 6.57. The van der Waals surface area contributed by atoms with Gasteiger partial charge in [-0.15, -0.1) is 0 Å². The molecule has 2 heterocycles. The molecule has 0 saturated heterocycles. The maximum Gasteiger partial charge on any atom is 0.242 e. The van der Waals surface area contributed by atoms with E-state index in [4.69, 9.17) is 17.0 Å². The van der Waals surface area contributed by atoms with E-state index in [-0.39, 0.29) is 5.54 Å². The van der Waals surface area contributed by atoms with E-state index >= 15 is 0 Å². The van der Waals surface area contributed by atoms with Gasteiger partial charge in [0.25, 0.3) is 0 Å². The van der Waals surface area contributed by atoms with Crippen molar-refractivity contribution in [2.24, 2.45) is 0 Å². The number of imidazole rings is 1. The third kappa shape index (κ3) is 1.55. The number of nitrogens with zero attached hydrogens (tertiary/aromatic N) is 3. The van der Waals surface area contributed by atoms with Gasteiger partial charge in [-0.1, -0.05) is 12.8 Å². The molecule has 6 heteroatoms. The zero-order chi connectivity index (χ0) is 12.8. The number of aromatic nitrogens is 4. The fraction of sp³-hybridized carbons (Fsp3) is 0.583. The van der Waals surface area contributed by atoms with Crippen LogP contribution in [0.4, 0.5) is 0 Å². The second-order valence-electron chi connectivity index (χ2n) is 5.05. The number of ether oxygens (including phenoxy) is 1. The summed E-state index contributed by atoms with van der Waals surface area (Å²) in [5.41, 5.74) is 1.70. The summed E-state index contributed by atoms with van der Waals surface area (Å²) in [6, 6.07) is 0. The topological polar surface area (TPSA) is 55.7 Å². The van der Waals surface area contributed by atoms with Crippen LogP contribution < -0.4 is 4.74 Å². The normalized spacial score (nSPS) is 18.3. The maximum absolute atomic E-state index is 5.45. The Hall–Kier alpha value is -1.43. The summed E-state index contributed by atoms with van der Waals surface area (Å²) in [5, 5.41) is 0. The summed E-state index contributed by atoms with van der Waals surface area (Å²) in [6.45, 7) is 2.25. The highest BCUT2D eigenvalue weighted by atomic mass is 32.1. The third-order valence-corrected chi connectivity index (χ3v) is 4.14. The van der Waals surface area contributed by atoms with Gasteiger partial charge >= 0.3 is 0 Å². The fourth-order valence-corrected chi connectivity index (χ4v) is 3.32. The van der Waals surface area contributed by atoms with Crippen molar-refractivity contribution in [1.29, 1.82) is 0 Å². The van der Waals surface area contributed by atoms with Crippen molar-refractivity contribution in [3.05, 3.63) is 11.1 Å². The van der Waals surface area contributed by atoms with Gasteiger partial charge in [-0.3, -0.25) is 4.57 Å². The smallest absolute Gasteiger partial charge is 0.242 e. The van der Waals surface area contributed by atoms with Crippen molar-refractivity contribution < 1.29 is 4.74 Å². The lowest BCUT2D eigenvalue weighted by Gasteiger charge is -2.25. The van der Waals surface area contributed by atoms with Crippen LogP contribution >= 0.6 is 12.2 Å². The van der Waals surface area contributed by atoms with Gasteiger partial charge in [0.2, 0.25) is 5.88 Å². The SMILES string of the molecule is COc1ncnc2c1[nH]c(=S)n2C1(C)CCCC1. The predicted molar refractivity (Wildman–Crippen MR) is 71.4 cm³/mol. The molecule has 5 nitrogen and oxygen atoms in total. The summed E-state index contributed by atoms with van der Waals surface area (Å²) in [6.07, 6.45) is 6.29. The Balaban J connectivity index is 2.30. The van der Waals surface area contributed by atoms with Gasteiger partial charge in [0.1, 0.15) is 11.8 Å². The quantitative estimate of drug-likeness (QED) is 0.847. The molecule has 0 amide bonds. The van der Waals surface area contributed by atoms with Crippen LogP contribution in [0.15, 0.2) is 6.33 Å². The number of hydrogen-bond acceptors (Lipinski definition) is 4. The molecule has 1 aliphatic rings. The minimum absolute atomic E-state index is 0.0642. The minimum Gasteiger partial charge on any atom is -0.479 e. The molecule has 1 saturated carbocycles. The molecule has 3 rings (SSSR count). The maximum atomic E-state index is 5.45. The molecule has 1 aliphatic carbocycles. The van der Waals surface area contributed by atoms with Crippen LogP contribution in [0.3, 0.4) is 0 Å². The van der Waals surface area contributed by atoms with Gasteiger partial charge < -0.3 is 9.72 Å². The average Bonchev–Trinajstić information content (AvgIpc) is 2.92. The van der Waals surface area contributed by atoms with E-state index in [9.17, 15) is 0 Å². The largest absolute Gasteiger partial charge is 0.479 e. The van der Waals surface area contributed by atoms with Crippen LogP contribution in [0, 0.1) is 4.77 Å². The highest BCUT2D eigenvalue weighted by Gasteiger charge is 2.33. The first kappa shape index (κ1) is 11.6. The Morgan fingerprint density at radius 1 is 1.39 bits per heavy atom. The molecule has 0 bridgehead atoms. The second-order valence-corrected chi connectivity index (χ2v) is 5.44. The van der Waals surface area contributed by atoms with E-state index in [0.717, 1.165) is 24.0 Å². The molecule has 1 N–H and O–H groups in total. The molecule has 0 radical (unpaired) electrons. The van der Waals surface area contributed by atoms with Gasteiger partial charge in [-0.05, 0) is 32.0 Å². The van der Waals surface area contributed by atoms with Crippen molar-refractivity contribution in [2.45, 2.75) is 38.1 Å². The molecule has 0 aliphatic heterocycles. The molecular formula is C12H16N4OS. The summed E-state index contributed by atoms with van der Waals surface area (Å²) < 4.78 is 8.09. The van der Waals surface area contributed by atoms with Crippen LogP contribution in [0.25, 0.3) is 11.2 Å². The van der Waals surface area contributed by atoms with Gasteiger partial charge in [0.15, 0.2) is 10.4 Å². The van der Waals surface area contributed by atoms with E-state index in [0.29, 0.717) is 10.7 Å². The van der Waals surface area contributed by atoms with E-state index in [1.807, 2.05) is 0 Å². The molecule has 0 atom stereocenters. The van der Waals surface area contributed by atoms with Crippen LogP contribution in [0.1, 0.15) is 32.6 Å². The van der Waals surface area contributed by atoms with Crippen LogP contribution in [-0.2, 0) is 5.54 Å². The Morgan fingerprint density at radius 2 is 2.11 bits per heavy atom. The Morgan fingerprint density at radius 3 is 2.78 bits per heavy atom. The molecular weight excluding hydrogens is 248 g/mol. The van der Waals surface area contributed by atoms with Crippen molar-refractivity contribution >= 4 is 23.4 Å². The first-order chi connectivity index (χ1) is 8.65. The molecule has 0 aromatic carbocycles. The highest BCUT2D eigenvalue weighted by Crippen LogP contribution is 2.38. The third-order valence-electron chi connectivity index (χ3n) is 3.85. The summed E-state index contributed by atoms with van der Waals surface area (Å²) >= 11 is 5.45. The van der Waals surface area contributed by atoms with E-state index in [1.165, 1.54) is 19.2 Å². The predicted octanol–water partition coefficient (Wildman–Crippen LogP) is 2.79. The Kier molecular flexibility index (Phi) is 2.62. The molecule has 96 valence electrons. The van der Waals surface area contributed by atoms with Crippen molar-refractivity contribution in [3.63, 3.8) is 0 Å². The van der Waals surface area contributed by atoms with Crippen molar-refractivity contribution in [3.8, 4) is 5.88 Å². The number of H-pyrrole nitrogens is 1. The molecule has 18 heavy (non-hydrogen) atoms. The summed E-state index contributed by atoms with van der Waals surface area (Å²) in [4.78, 5) is 11.7. The summed E-state index contributed by atoms with van der Waals surface area (Å²) in [7, 11) is 1.60. The Bertz CT molecular complexity index is 639. The standard InChI is InChI=1S/C12H16N4OS/c1-12(5-3-4-6-12)16-9-8(15-11(16)18)10(17-2)14-7-13-9/h7H,3-6H2,1-2H3,(H,15,18). The molecule has 2 aromatic rings.